The highest BCUT2D eigenvalue weighted by atomic mass is 35.5. The van der Waals surface area contributed by atoms with Gasteiger partial charge in [0.05, 0.1) is 18.1 Å². The fourth-order valence-electron chi connectivity index (χ4n) is 2.06. The van der Waals surface area contributed by atoms with Crippen LogP contribution in [0.15, 0.2) is 18.2 Å². The first kappa shape index (κ1) is 16.1. The van der Waals surface area contributed by atoms with E-state index in [-0.39, 0.29) is 24.2 Å². The second-order valence-electron chi connectivity index (χ2n) is 4.38. The highest BCUT2D eigenvalue weighted by Crippen LogP contribution is 2.27. The van der Waals surface area contributed by atoms with Crippen LogP contribution in [0.5, 0.6) is 5.75 Å². The number of anilines is 1. The molecule has 1 aliphatic heterocycles. The SMILES string of the molecule is COc1ccc(NC(=O)C2CCCNC2)cc1Cl.Cl. The molecule has 2 N–H and O–H groups in total. The van der Waals surface area contributed by atoms with E-state index in [9.17, 15) is 4.79 Å². The minimum absolute atomic E-state index is 0. The molecular formula is C13H18Cl2N2O2. The average molecular weight is 305 g/mol. The second-order valence-corrected chi connectivity index (χ2v) is 4.79. The zero-order valence-corrected chi connectivity index (χ0v) is 12.3. The summed E-state index contributed by atoms with van der Waals surface area (Å²) in [6.45, 7) is 1.74. The molecule has 0 bridgehead atoms. The van der Waals surface area contributed by atoms with Crippen molar-refractivity contribution in [3.05, 3.63) is 23.2 Å². The number of halogens is 2. The second kappa shape index (κ2) is 7.58. The summed E-state index contributed by atoms with van der Waals surface area (Å²) in [4.78, 5) is 12.0. The van der Waals surface area contributed by atoms with Gasteiger partial charge >= 0.3 is 0 Å². The minimum atomic E-state index is 0. The van der Waals surface area contributed by atoms with E-state index in [0.29, 0.717) is 16.5 Å². The van der Waals surface area contributed by atoms with Crippen molar-refractivity contribution in [3.8, 4) is 5.75 Å². The lowest BCUT2D eigenvalue weighted by Gasteiger charge is -2.22. The highest BCUT2D eigenvalue weighted by Gasteiger charge is 2.20. The van der Waals surface area contributed by atoms with Gasteiger partial charge in [0.1, 0.15) is 5.75 Å². The highest BCUT2D eigenvalue weighted by molar-refractivity contribution is 6.32. The maximum absolute atomic E-state index is 12.0. The number of amides is 1. The Bertz CT molecular complexity index is 435. The van der Waals surface area contributed by atoms with Gasteiger partial charge < -0.3 is 15.4 Å². The van der Waals surface area contributed by atoms with Gasteiger partial charge in [0.2, 0.25) is 5.91 Å². The lowest BCUT2D eigenvalue weighted by Crippen LogP contribution is -2.37. The maximum atomic E-state index is 12.0. The summed E-state index contributed by atoms with van der Waals surface area (Å²) in [6, 6.07) is 5.24. The van der Waals surface area contributed by atoms with Crippen molar-refractivity contribution in [2.45, 2.75) is 12.8 Å². The number of hydrogen-bond donors (Lipinski definition) is 2. The van der Waals surface area contributed by atoms with Crippen LogP contribution >= 0.6 is 24.0 Å². The molecule has 1 saturated heterocycles. The molecule has 19 heavy (non-hydrogen) atoms. The average Bonchev–Trinajstić information content (AvgIpc) is 2.40. The van der Waals surface area contributed by atoms with E-state index in [0.717, 1.165) is 25.9 Å². The summed E-state index contributed by atoms with van der Waals surface area (Å²) in [5, 5.41) is 6.61. The van der Waals surface area contributed by atoms with Crippen molar-refractivity contribution in [1.82, 2.24) is 5.32 Å². The van der Waals surface area contributed by atoms with Gasteiger partial charge in [-0.3, -0.25) is 4.79 Å². The first-order valence-electron chi connectivity index (χ1n) is 6.06. The number of hydrogen-bond acceptors (Lipinski definition) is 3. The molecule has 1 unspecified atom stereocenters. The van der Waals surface area contributed by atoms with Crippen LogP contribution in [0.4, 0.5) is 5.69 Å². The molecule has 1 aliphatic rings. The molecular weight excluding hydrogens is 287 g/mol. The van der Waals surface area contributed by atoms with Gasteiger partial charge in [-0.2, -0.15) is 0 Å². The van der Waals surface area contributed by atoms with E-state index in [1.807, 2.05) is 0 Å². The van der Waals surface area contributed by atoms with Gasteiger partial charge in [0, 0.05) is 12.2 Å². The number of piperidine rings is 1. The third-order valence-corrected chi connectivity index (χ3v) is 3.38. The Morgan fingerprint density at radius 3 is 2.89 bits per heavy atom. The molecule has 1 aromatic rings. The Morgan fingerprint density at radius 2 is 2.32 bits per heavy atom. The largest absolute Gasteiger partial charge is 0.495 e. The van der Waals surface area contributed by atoms with Crippen LogP contribution in [-0.4, -0.2) is 26.1 Å². The van der Waals surface area contributed by atoms with Gasteiger partial charge in [0.15, 0.2) is 0 Å². The van der Waals surface area contributed by atoms with E-state index >= 15 is 0 Å². The Morgan fingerprint density at radius 1 is 1.53 bits per heavy atom. The molecule has 1 atom stereocenters. The Kier molecular flexibility index (Phi) is 6.42. The van der Waals surface area contributed by atoms with Crippen LogP contribution in [0.25, 0.3) is 0 Å². The number of carbonyl (C=O) groups is 1. The first-order chi connectivity index (χ1) is 8.70. The molecule has 106 valence electrons. The van der Waals surface area contributed by atoms with Crippen molar-refractivity contribution in [1.29, 1.82) is 0 Å². The zero-order valence-electron chi connectivity index (χ0n) is 10.7. The van der Waals surface area contributed by atoms with Crippen LogP contribution in [-0.2, 0) is 4.79 Å². The number of benzene rings is 1. The predicted octanol–water partition coefficient (Wildman–Crippen LogP) is 2.71. The number of methoxy groups -OCH3 is 1. The summed E-state index contributed by atoms with van der Waals surface area (Å²) in [7, 11) is 1.56. The number of ether oxygens (including phenoxy) is 1. The molecule has 1 heterocycles. The van der Waals surface area contributed by atoms with Crippen LogP contribution < -0.4 is 15.4 Å². The molecule has 0 aromatic heterocycles. The third kappa shape index (κ3) is 4.27. The molecule has 6 heteroatoms. The molecule has 2 rings (SSSR count). The van der Waals surface area contributed by atoms with Gasteiger partial charge in [-0.05, 0) is 37.6 Å². The molecule has 1 fully saturated rings. The minimum Gasteiger partial charge on any atom is -0.495 e. The number of rotatable bonds is 3. The fraction of sp³-hybridized carbons (Fsp3) is 0.462. The van der Waals surface area contributed by atoms with Crippen molar-refractivity contribution in [2.24, 2.45) is 5.92 Å². The first-order valence-corrected chi connectivity index (χ1v) is 6.43. The predicted molar refractivity (Wildman–Crippen MR) is 79.5 cm³/mol. The van der Waals surface area contributed by atoms with Crippen LogP contribution in [0, 0.1) is 5.92 Å². The quantitative estimate of drug-likeness (QED) is 0.903. The topological polar surface area (TPSA) is 50.4 Å². The monoisotopic (exact) mass is 304 g/mol. The van der Waals surface area contributed by atoms with Crippen LogP contribution in [0.3, 0.4) is 0 Å². The van der Waals surface area contributed by atoms with E-state index in [2.05, 4.69) is 10.6 Å². The number of carbonyl (C=O) groups excluding carboxylic acids is 1. The van der Waals surface area contributed by atoms with E-state index in [4.69, 9.17) is 16.3 Å². The summed E-state index contributed by atoms with van der Waals surface area (Å²) < 4.78 is 5.07. The van der Waals surface area contributed by atoms with E-state index in [1.54, 1.807) is 25.3 Å². The smallest absolute Gasteiger partial charge is 0.228 e. The Hall–Kier alpha value is -0.970. The molecule has 0 saturated carbocycles. The Balaban J connectivity index is 0.00000180. The van der Waals surface area contributed by atoms with Gasteiger partial charge in [0.25, 0.3) is 0 Å². The van der Waals surface area contributed by atoms with Crippen molar-refractivity contribution in [3.63, 3.8) is 0 Å². The van der Waals surface area contributed by atoms with Crippen LogP contribution in [0.1, 0.15) is 12.8 Å². The maximum Gasteiger partial charge on any atom is 0.228 e. The van der Waals surface area contributed by atoms with Gasteiger partial charge in [-0.1, -0.05) is 11.6 Å². The zero-order chi connectivity index (χ0) is 13.0. The molecule has 1 amide bonds. The molecule has 4 nitrogen and oxygen atoms in total. The van der Waals surface area contributed by atoms with E-state index in [1.165, 1.54) is 0 Å². The third-order valence-electron chi connectivity index (χ3n) is 3.09. The molecule has 0 spiro atoms. The van der Waals surface area contributed by atoms with Crippen molar-refractivity contribution >= 4 is 35.6 Å². The summed E-state index contributed by atoms with van der Waals surface area (Å²) >= 11 is 6.01. The van der Waals surface area contributed by atoms with Gasteiger partial charge in [-0.25, -0.2) is 0 Å². The Labute approximate surface area is 124 Å². The summed E-state index contributed by atoms with van der Waals surface area (Å²) in [5.41, 5.74) is 0.705. The van der Waals surface area contributed by atoms with E-state index < -0.39 is 0 Å². The molecule has 0 aliphatic carbocycles. The standard InChI is InChI=1S/C13H17ClN2O2.ClH/c1-18-12-5-4-10(7-11(12)14)16-13(17)9-3-2-6-15-8-9;/h4-5,7,9,15H,2-3,6,8H2,1H3,(H,16,17);1H. The summed E-state index contributed by atoms with van der Waals surface area (Å²) in [5.74, 6) is 0.692. The lowest BCUT2D eigenvalue weighted by molar-refractivity contribution is -0.120. The van der Waals surface area contributed by atoms with Crippen LogP contribution in [0.2, 0.25) is 5.02 Å². The lowest BCUT2D eigenvalue weighted by atomic mass is 9.99. The molecule has 0 radical (unpaired) electrons. The van der Waals surface area contributed by atoms with Crippen molar-refractivity contribution in [2.75, 3.05) is 25.5 Å². The summed E-state index contributed by atoms with van der Waals surface area (Å²) in [6.07, 6.45) is 1.98. The molecule has 1 aromatic carbocycles. The fourth-order valence-corrected chi connectivity index (χ4v) is 2.32. The number of nitrogens with one attached hydrogen (secondary N) is 2. The normalized spacial score (nSPS) is 18.3. The van der Waals surface area contributed by atoms with Gasteiger partial charge in [-0.15, -0.1) is 12.4 Å². The van der Waals surface area contributed by atoms with Crippen molar-refractivity contribution < 1.29 is 9.53 Å².